The fourth-order valence-electron chi connectivity index (χ4n) is 1.94. The molecule has 0 fully saturated rings. The Balaban J connectivity index is 2.31. The highest BCUT2D eigenvalue weighted by atomic mass is 79.9. The highest BCUT2D eigenvalue weighted by Crippen LogP contribution is 2.35. The van der Waals surface area contributed by atoms with E-state index < -0.39 is 0 Å². The first-order valence-electron chi connectivity index (χ1n) is 6.45. The summed E-state index contributed by atoms with van der Waals surface area (Å²) in [4.78, 5) is 16.4. The zero-order valence-electron chi connectivity index (χ0n) is 11.6. The molecule has 0 aliphatic carbocycles. The topological polar surface area (TPSA) is 42.0 Å². The maximum absolute atomic E-state index is 12.0. The van der Waals surface area contributed by atoms with Crippen LogP contribution < -0.4 is 5.32 Å². The van der Waals surface area contributed by atoms with Crippen LogP contribution in [0.15, 0.2) is 10.5 Å². The lowest BCUT2D eigenvalue weighted by atomic mass is 10.1. The molecule has 20 heavy (non-hydrogen) atoms. The van der Waals surface area contributed by atoms with Crippen molar-refractivity contribution >= 4 is 64.5 Å². The van der Waals surface area contributed by atoms with Gasteiger partial charge >= 0.3 is 0 Å². The summed E-state index contributed by atoms with van der Waals surface area (Å²) in [6.45, 7) is 6.14. The molecule has 0 aliphatic heterocycles. The Kier molecular flexibility index (Phi) is 5.20. The van der Waals surface area contributed by atoms with Crippen molar-refractivity contribution in [2.24, 2.45) is 0 Å². The first kappa shape index (κ1) is 15.9. The third-order valence-corrected chi connectivity index (χ3v) is 5.89. The fraction of sp³-hybridized carbons (Fsp3) is 0.429. The molecule has 3 nitrogen and oxygen atoms in total. The number of anilines is 1. The summed E-state index contributed by atoms with van der Waals surface area (Å²) in [5, 5.41) is 3.56. The number of aromatic nitrogens is 1. The number of fused-ring (bicyclic) bond motifs is 1. The Hall–Kier alpha value is -0.460. The molecule has 6 heteroatoms. The monoisotopic (exact) mass is 418 g/mol. The van der Waals surface area contributed by atoms with E-state index in [4.69, 9.17) is 0 Å². The van der Waals surface area contributed by atoms with Gasteiger partial charge in [0.2, 0.25) is 5.91 Å². The molecule has 1 amide bonds. The smallest absolute Gasteiger partial charge is 0.239 e. The van der Waals surface area contributed by atoms with Gasteiger partial charge in [0.1, 0.15) is 0 Å². The van der Waals surface area contributed by atoms with Crippen molar-refractivity contribution in [2.75, 3.05) is 5.32 Å². The molecule has 2 aromatic rings. The average molecular weight is 420 g/mol. The molecule has 1 heterocycles. The number of carbonyl (C=O) groups excluding carboxylic acids is 1. The number of nitrogens with one attached hydrogen (secondary N) is 1. The predicted molar refractivity (Wildman–Crippen MR) is 93.0 cm³/mol. The molecule has 2 rings (SSSR count). The standard InChI is InChI=1S/C14H16Br2N2OS/c1-4-5-9(15)13(19)18-14-17-11-7(2)6-10(16)8(3)12(11)20-14/h6,9H,4-5H2,1-3H3,(H,17,18,19). The van der Waals surface area contributed by atoms with Crippen LogP contribution in [-0.2, 0) is 4.79 Å². The second kappa shape index (κ2) is 6.54. The Morgan fingerprint density at radius 1 is 1.50 bits per heavy atom. The fourth-order valence-corrected chi connectivity index (χ4v) is 4.23. The number of amides is 1. The normalized spacial score (nSPS) is 12.7. The lowest BCUT2D eigenvalue weighted by molar-refractivity contribution is -0.115. The van der Waals surface area contributed by atoms with Crippen LogP contribution in [0.2, 0.25) is 0 Å². The molecule has 0 bridgehead atoms. The summed E-state index contributed by atoms with van der Waals surface area (Å²) in [6, 6.07) is 2.06. The summed E-state index contributed by atoms with van der Waals surface area (Å²) >= 11 is 8.48. The van der Waals surface area contributed by atoms with Crippen LogP contribution >= 0.6 is 43.2 Å². The molecule has 0 aliphatic rings. The molecular weight excluding hydrogens is 404 g/mol. The van der Waals surface area contributed by atoms with E-state index in [1.165, 1.54) is 11.3 Å². The first-order chi connectivity index (χ1) is 9.43. The number of nitrogens with zero attached hydrogens (tertiary/aromatic N) is 1. The van der Waals surface area contributed by atoms with Gasteiger partial charge in [-0.25, -0.2) is 4.98 Å². The van der Waals surface area contributed by atoms with Gasteiger partial charge in [-0.15, -0.1) is 0 Å². The third-order valence-electron chi connectivity index (χ3n) is 3.10. The second-order valence-corrected chi connectivity index (χ2v) is 7.70. The summed E-state index contributed by atoms with van der Waals surface area (Å²) < 4.78 is 2.20. The zero-order chi connectivity index (χ0) is 14.9. The van der Waals surface area contributed by atoms with Crippen LogP contribution in [-0.4, -0.2) is 15.7 Å². The third kappa shape index (κ3) is 3.23. The van der Waals surface area contributed by atoms with Crippen LogP contribution in [0.3, 0.4) is 0 Å². The quantitative estimate of drug-likeness (QED) is 0.693. The van der Waals surface area contributed by atoms with E-state index in [0.717, 1.165) is 38.7 Å². The number of hydrogen-bond acceptors (Lipinski definition) is 3. The number of rotatable bonds is 4. The lowest BCUT2D eigenvalue weighted by Gasteiger charge is -2.06. The van der Waals surface area contributed by atoms with Crippen LogP contribution in [0.1, 0.15) is 30.9 Å². The Morgan fingerprint density at radius 3 is 2.85 bits per heavy atom. The molecular formula is C14H16Br2N2OS. The average Bonchev–Trinajstić information content (AvgIpc) is 2.81. The van der Waals surface area contributed by atoms with E-state index in [-0.39, 0.29) is 10.7 Å². The highest BCUT2D eigenvalue weighted by molar-refractivity contribution is 9.10. The molecule has 0 saturated heterocycles. The number of halogens is 2. The maximum Gasteiger partial charge on any atom is 0.239 e. The van der Waals surface area contributed by atoms with Crippen molar-refractivity contribution in [3.63, 3.8) is 0 Å². The predicted octanol–water partition coefficient (Wildman–Crippen LogP) is 5.18. The zero-order valence-corrected chi connectivity index (χ0v) is 15.6. The number of thiazole rings is 1. The number of alkyl halides is 1. The van der Waals surface area contributed by atoms with Gasteiger partial charge in [0, 0.05) is 4.47 Å². The van der Waals surface area contributed by atoms with Gasteiger partial charge in [0.25, 0.3) is 0 Å². The summed E-state index contributed by atoms with van der Waals surface area (Å²) in [7, 11) is 0. The van der Waals surface area contributed by atoms with Crippen molar-refractivity contribution in [1.29, 1.82) is 0 Å². The van der Waals surface area contributed by atoms with E-state index >= 15 is 0 Å². The SMILES string of the molecule is CCCC(Br)C(=O)Nc1nc2c(C)cc(Br)c(C)c2s1. The van der Waals surface area contributed by atoms with Crippen molar-refractivity contribution < 1.29 is 4.79 Å². The van der Waals surface area contributed by atoms with E-state index in [1.807, 2.05) is 6.92 Å². The van der Waals surface area contributed by atoms with E-state index in [0.29, 0.717) is 5.13 Å². The van der Waals surface area contributed by atoms with Crippen LogP contribution in [0.25, 0.3) is 10.2 Å². The van der Waals surface area contributed by atoms with Gasteiger partial charge in [-0.05, 0) is 37.5 Å². The minimum absolute atomic E-state index is 0.0275. The van der Waals surface area contributed by atoms with Gasteiger partial charge in [0.15, 0.2) is 5.13 Å². The second-order valence-electron chi connectivity index (χ2n) is 4.74. The molecule has 1 atom stereocenters. The van der Waals surface area contributed by atoms with Crippen molar-refractivity contribution in [3.8, 4) is 0 Å². The van der Waals surface area contributed by atoms with Gasteiger partial charge in [-0.2, -0.15) is 0 Å². The lowest BCUT2D eigenvalue weighted by Crippen LogP contribution is -2.22. The van der Waals surface area contributed by atoms with Gasteiger partial charge in [0.05, 0.1) is 15.0 Å². The molecule has 0 radical (unpaired) electrons. The molecule has 0 saturated carbocycles. The highest BCUT2D eigenvalue weighted by Gasteiger charge is 2.17. The summed E-state index contributed by atoms with van der Waals surface area (Å²) in [5.74, 6) is -0.0275. The van der Waals surface area contributed by atoms with Crippen molar-refractivity contribution in [2.45, 2.75) is 38.4 Å². The van der Waals surface area contributed by atoms with Crippen LogP contribution in [0.4, 0.5) is 5.13 Å². The molecule has 1 N–H and O–H groups in total. The van der Waals surface area contributed by atoms with E-state index in [9.17, 15) is 4.79 Å². The number of hydrogen-bond donors (Lipinski definition) is 1. The molecule has 1 aromatic carbocycles. The van der Waals surface area contributed by atoms with E-state index in [2.05, 4.69) is 62.1 Å². The largest absolute Gasteiger partial charge is 0.301 e. The summed E-state index contributed by atoms with van der Waals surface area (Å²) in [5.41, 5.74) is 3.23. The Morgan fingerprint density at radius 2 is 2.20 bits per heavy atom. The van der Waals surface area contributed by atoms with Crippen LogP contribution in [0, 0.1) is 13.8 Å². The summed E-state index contributed by atoms with van der Waals surface area (Å²) in [6.07, 6.45) is 1.79. The minimum atomic E-state index is -0.159. The molecule has 1 unspecified atom stereocenters. The van der Waals surface area contributed by atoms with Gasteiger partial charge in [-0.3, -0.25) is 4.79 Å². The van der Waals surface area contributed by atoms with Crippen molar-refractivity contribution in [3.05, 3.63) is 21.7 Å². The Labute approximate surface area is 139 Å². The Bertz CT molecular complexity index is 654. The molecule has 1 aromatic heterocycles. The van der Waals surface area contributed by atoms with Crippen molar-refractivity contribution in [1.82, 2.24) is 4.98 Å². The van der Waals surface area contributed by atoms with E-state index in [1.54, 1.807) is 0 Å². The minimum Gasteiger partial charge on any atom is -0.301 e. The van der Waals surface area contributed by atoms with Crippen LogP contribution in [0.5, 0.6) is 0 Å². The number of aryl methyl sites for hydroxylation is 2. The first-order valence-corrected chi connectivity index (χ1v) is 8.97. The maximum atomic E-state index is 12.0. The van der Waals surface area contributed by atoms with Gasteiger partial charge in [-0.1, -0.05) is 56.5 Å². The molecule has 0 spiro atoms. The number of benzene rings is 1. The number of carbonyl (C=O) groups is 1. The molecule has 108 valence electrons. The van der Waals surface area contributed by atoms with Gasteiger partial charge < -0.3 is 5.32 Å².